The van der Waals surface area contributed by atoms with Gasteiger partial charge in [-0.3, -0.25) is 0 Å². The Hall–Kier alpha value is -1.79. The molecule has 2 aromatic rings. The van der Waals surface area contributed by atoms with E-state index in [2.05, 4.69) is 48.0 Å². The zero-order chi connectivity index (χ0) is 14.9. The molecule has 1 atom stereocenters. The average Bonchev–Trinajstić information content (AvgIpc) is 3.11. The summed E-state index contributed by atoms with van der Waals surface area (Å²) < 4.78 is 2.32. The van der Waals surface area contributed by atoms with E-state index >= 15 is 0 Å². The van der Waals surface area contributed by atoms with E-state index in [4.69, 9.17) is 11.0 Å². The molecule has 0 radical (unpaired) electrons. The second-order valence-electron chi connectivity index (χ2n) is 6.50. The second kappa shape index (κ2) is 5.54. The Morgan fingerprint density at radius 3 is 2.86 bits per heavy atom. The van der Waals surface area contributed by atoms with E-state index in [0.29, 0.717) is 6.42 Å². The first-order valence-electron chi connectivity index (χ1n) is 7.87. The van der Waals surface area contributed by atoms with E-state index in [0.717, 1.165) is 19.4 Å². The number of hydrogen-bond donors (Lipinski definition) is 1. The number of hydrogen-bond acceptors (Lipinski definition) is 2. The summed E-state index contributed by atoms with van der Waals surface area (Å²) in [7, 11) is 0. The van der Waals surface area contributed by atoms with Crippen LogP contribution in [-0.2, 0) is 13.0 Å². The standard InChI is InChI=1S/C18H23N3/c1-2-15(20)12-14-4-3-5-17-16(14)6-11-21(17)13-18(7-8-18)9-10-19/h3-6,11,15H,2,7-9,12-13,20H2,1H3. The molecule has 3 nitrogen and oxygen atoms in total. The number of rotatable bonds is 6. The van der Waals surface area contributed by atoms with Crippen molar-refractivity contribution in [3.63, 3.8) is 0 Å². The van der Waals surface area contributed by atoms with Gasteiger partial charge in [0.05, 0.1) is 6.07 Å². The maximum Gasteiger partial charge on any atom is 0.0628 e. The van der Waals surface area contributed by atoms with Gasteiger partial charge in [0.2, 0.25) is 0 Å². The molecule has 0 amide bonds. The first-order chi connectivity index (χ1) is 10.2. The molecular formula is C18H23N3. The third kappa shape index (κ3) is 2.82. The van der Waals surface area contributed by atoms with Crippen molar-refractivity contribution in [3.05, 3.63) is 36.0 Å². The van der Waals surface area contributed by atoms with Crippen molar-refractivity contribution in [2.45, 2.75) is 51.6 Å². The fourth-order valence-corrected chi connectivity index (χ4v) is 3.13. The summed E-state index contributed by atoms with van der Waals surface area (Å²) in [6, 6.07) is 11.3. The molecule has 0 aliphatic heterocycles. The number of nitrogens with two attached hydrogens (primary N) is 1. The predicted octanol–water partition coefficient (Wildman–Crippen LogP) is 3.61. The first-order valence-corrected chi connectivity index (χ1v) is 7.87. The molecule has 0 bridgehead atoms. The van der Waals surface area contributed by atoms with E-state index in [1.165, 1.54) is 29.3 Å². The summed E-state index contributed by atoms with van der Waals surface area (Å²) >= 11 is 0. The van der Waals surface area contributed by atoms with Gasteiger partial charge in [0, 0.05) is 41.5 Å². The van der Waals surface area contributed by atoms with Gasteiger partial charge in [-0.2, -0.15) is 5.26 Å². The Morgan fingerprint density at radius 1 is 1.38 bits per heavy atom. The Kier molecular flexibility index (Phi) is 3.73. The van der Waals surface area contributed by atoms with Crippen LogP contribution in [0.3, 0.4) is 0 Å². The van der Waals surface area contributed by atoms with Crippen molar-refractivity contribution in [2.75, 3.05) is 0 Å². The van der Waals surface area contributed by atoms with Gasteiger partial charge in [-0.1, -0.05) is 19.1 Å². The SMILES string of the molecule is CCC(N)Cc1cccc2c1ccn2CC1(CC#N)CC1. The summed E-state index contributed by atoms with van der Waals surface area (Å²) in [6.45, 7) is 3.10. The molecule has 0 spiro atoms. The molecule has 1 aliphatic carbocycles. The Labute approximate surface area is 126 Å². The Balaban J connectivity index is 1.89. The van der Waals surface area contributed by atoms with Gasteiger partial charge in [-0.05, 0) is 43.4 Å². The van der Waals surface area contributed by atoms with Crippen LogP contribution in [0.4, 0.5) is 0 Å². The van der Waals surface area contributed by atoms with Gasteiger partial charge in [0.15, 0.2) is 0 Å². The van der Waals surface area contributed by atoms with Crippen LogP contribution in [0.25, 0.3) is 10.9 Å². The van der Waals surface area contributed by atoms with Crippen LogP contribution < -0.4 is 5.73 Å². The molecule has 110 valence electrons. The highest BCUT2D eigenvalue weighted by molar-refractivity contribution is 5.83. The normalized spacial score (nSPS) is 17.6. The molecule has 21 heavy (non-hydrogen) atoms. The molecule has 1 aliphatic rings. The lowest BCUT2D eigenvalue weighted by atomic mass is 10.0. The van der Waals surface area contributed by atoms with Gasteiger partial charge in [0.25, 0.3) is 0 Å². The van der Waals surface area contributed by atoms with Crippen LogP contribution in [0.2, 0.25) is 0 Å². The van der Waals surface area contributed by atoms with Crippen LogP contribution in [0.1, 0.15) is 38.2 Å². The molecule has 1 aromatic carbocycles. The van der Waals surface area contributed by atoms with Crippen molar-refractivity contribution in [1.29, 1.82) is 5.26 Å². The molecule has 2 N–H and O–H groups in total. The van der Waals surface area contributed by atoms with Crippen LogP contribution >= 0.6 is 0 Å². The van der Waals surface area contributed by atoms with E-state index in [-0.39, 0.29) is 11.5 Å². The highest BCUT2D eigenvalue weighted by Crippen LogP contribution is 2.50. The zero-order valence-corrected chi connectivity index (χ0v) is 12.7. The minimum Gasteiger partial charge on any atom is -0.347 e. The van der Waals surface area contributed by atoms with E-state index in [1.54, 1.807) is 0 Å². The topological polar surface area (TPSA) is 54.7 Å². The molecule has 1 fully saturated rings. The van der Waals surface area contributed by atoms with Crippen molar-refractivity contribution in [3.8, 4) is 6.07 Å². The Bertz CT molecular complexity index is 673. The second-order valence-corrected chi connectivity index (χ2v) is 6.50. The van der Waals surface area contributed by atoms with Crippen molar-refractivity contribution in [2.24, 2.45) is 11.1 Å². The van der Waals surface area contributed by atoms with Crippen LogP contribution in [0, 0.1) is 16.7 Å². The van der Waals surface area contributed by atoms with Gasteiger partial charge >= 0.3 is 0 Å². The maximum absolute atomic E-state index is 8.98. The molecule has 1 heterocycles. The minimum atomic E-state index is 0.229. The van der Waals surface area contributed by atoms with Crippen LogP contribution in [-0.4, -0.2) is 10.6 Å². The lowest BCUT2D eigenvalue weighted by Gasteiger charge is -2.14. The average molecular weight is 281 g/mol. The Morgan fingerprint density at radius 2 is 2.19 bits per heavy atom. The monoisotopic (exact) mass is 281 g/mol. The highest BCUT2D eigenvalue weighted by atomic mass is 15.0. The predicted molar refractivity (Wildman–Crippen MR) is 85.8 cm³/mol. The molecule has 1 saturated carbocycles. The number of aromatic nitrogens is 1. The van der Waals surface area contributed by atoms with Gasteiger partial charge < -0.3 is 10.3 Å². The maximum atomic E-state index is 8.98. The summed E-state index contributed by atoms with van der Waals surface area (Å²) in [5.41, 5.74) is 8.96. The van der Waals surface area contributed by atoms with Crippen LogP contribution in [0.5, 0.6) is 0 Å². The number of fused-ring (bicyclic) bond motifs is 1. The minimum absolute atomic E-state index is 0.229. The number of nitrogens with zero attached hydrogens (tertiary/aromatic N) is 2. The molecule has 3 heteroatoms. The summed E-state index contributed by atoms with van der Waals surface area (Å²) in [6.07, 6.45) is 7.14. The lowest BCUT2D eigenvalue weighted by molar-refractivity contribution is 0.440. The van der Waals surface area contributed by atoms with E-state index in [1.807, 2.05) is 0 Å². The lowest BCUT2D eigenvalue weighted by Crippen LogP contribution is -2.21. The number of benzene rings is 1. The van der Waals surface area contributed by atoms with E-state index < -0.39 is 0 Å². The smallest absolute Gasteiger partial charge is 0.0628 e. The molecule has 3 rings (SSSR count). The first kappa shape index (κ1) is 14.2. The van der Waals surface area contributed by atoms with Crippen molar-refractivity contribution in [1.82, 2.24) is 4.57 Å². The van der Waals surface area contributed by atoms with Gasteiger partial charge in [0.1, 0.15) is 0 Å². The van der Waals surface area contributed by atoms with Gasteiger partial charge in [-0.25, -0.2) is 0 Å². The van der Waals surface area contributed by atoms with Crippen LogP contribution in [0.15, 0.2) is 30.5 Å². The third-order valence-corrected chi connectivity index (χ3v) is 4.83. The fourth-order valence-electron chi connectivity index (χ4n) is 3.13. The highest BCUT2D eigenvalue weighted by Gasteiger charge is 2.42. The summed E-state index contributed by atoms with van der Waals surface area (Å²) in [5, 5.41) is 10.3. The molecule has 1 aromatic heterocycles. The number of nitriles is 1. The summed E-state index contributed by atoms with van der Waals surface area (Å²) in [4.78, 5) is 0. The quantitative estimate of drug-likeness (QED) is 0.879. The molecule has 1 unspecified atom stereocenters. The zero-order valence-electron chi connectivity index (χ0n) is 12.7. The molecular weight excluding hydrogens is 258 g/mol. The fraction of sp³-hybridized carbons (Fsp3) is 0.500. The van der Waals surface area contributed by atoms with Gasteiger partial charge in [-0.15, -0.1) is 0 Å². The molecule has 0 saturated heterocycles. The van der Waals surface area contributed by atoms with Crippen molar-refractivity contribution < 1.29 is 0 Å². The van der Waals surface area contributed by atoms with E-state index in [9.17, 15) is 0 Å². The summed E-state index contributed by atoms with van der Waals surface area (Å²) in [5.74, 6) is 0. The third-order valence-electron chi connectivity index (χ3n) is 4.83. The van der Waals surface area contributed by atoms with Crippen molar-refractivity contribution >= 4 is 10.9 Å². The largest absolute Gasteiger partial charge is 0.347 e.